The molecule has 1 N–H and O–H groups in total. The first-order chi connectivity index (χ1) is 16.4. The molecule has 5 rings (SSSR count). The number of nitrogens with zero attached hydrogens (tertiary/aromatic N) is 1. The molecule has 1 aliphatic carbocycles. The Hall–Kier alpha value is -3.86. The van der Waals surface area contributed by atoms with E-state index in [4.69, 9.17) is 4.74 Å². The fourth-order valence-corrected chi connectivity index (χ4v) is 5.03. The van der Waals surface area contributed by atoms with Crippen LogP contribution in [-0.4, -0.2) is 18.8 Å². The van der Waals surface area contributed by atoms with Crippen LogP contribution in [0.15, 0.2) is 90.1 Å². The maximum absolute atomic E-state index is 14.1. The van der Waals surface area contributed by atoms with E-state index in [0.717, 1.165) is 34.8 Å². The Labute approximate surface area is 200 Å². The molecular formula is C29H28N2O3. The van der Waals surface area contributed by atoms with E-state index in [1.807, 2.05) is 78.9 Å². The van der Waals surface area contributed by atoms with E-state index in [-0.39, 0.29) is 17.1 Å². The van der Waals surface area contributed by atoms with Crippen molar-refractivity contribution in [1.29, 1.82) is 0 Å². The summed E-state index contributed by atoms with van der Waals surface area (Å²) in [5.41, 5.74) is 4.38. The van der Waals surface area contributed by atoms with E-state index in [1.54, 1.807) is 12.0 Å². The zero-order chi connectivity index (χ0) is 23.9. The van der Waals surface area contributed by atoms with Crippen molar-refractivity contribution in [2.75, 3.05) is 17.3 Å². The molecule has 0 aromatic heterocycles. The van der Waals surface area contributed by atoms with Gasteiger partial charge in [0.15, 0.2) is 5.78 Å². The highest BCUT2D eigenvalue weighted by Gasteiger charge is 2.43. The Morgan fingerprint density at radius 1 is 0.941 bits per heavy atom. The molecule has 0 saturated heterocycles. The molecule has 0 radical (unpaired) electrons. The number of benzene rings is 3. The predicted octanol–water partition coefficient (Wildman–Crippen LogP) is 6.15. The molecule has 3 aromatic rings. The minimum atomic E-state index is -0.562. The standard InChI is InChI=1S/C29H28N2O3/c1-29(2)17-23-26(25(32)18-29)27(19-13-15-21(34-3)16-14-19)31(24-12-8-7-11-22(24)30-23)28(33)20-9-5-4-6-10-20/h4-16,27,30H,17-18H2,1-3H3/t27-/m1/s1. The Morgan fingerprint density at radius 2 is 1.62 bits per heavy atom. The van der Waals surface area contributed by atoms with Crippen molar-refractivity contribution >= 4 is 23.1 Å². The van der Waals surface area contributed by atoms with Crippen LogP contribution in [-0.2, 0) is 4.79 Å². The molecule has 5 heteroatoms. The average Bonchev–Trinajstić information content (AvgIpc) is 2.97. The number of amides is 1. The van der Waals surface area contributed by atoms with Crippen LogP contribution in [0.5, 0.6) is 5.75 Å². The molecule has 34 heavy (non-hydrogen) atoms. The first-order valence-corrected chi connectivity index (χ1v) is 11.5. The van der Waals surface area contributed by atoms with Crippen molar-refractivity contribution in [3.8, 4) is 5.75 Å². The lowest BCUT2D eigenvalue weighted by Crippen LogP contribution is -2.39. The molecule has 1 atom stereocenters. The number of fused-ring (bicyclic) bond motifs is 1. The van der Waals surface area contributed by atoms with Crippen LogP contribution in [0, 0.1) is 5.41 Å². The van der Waals surface area contributed by atoms with Gasteiger partial charge in [-0.05, 0) is 53.8 Å². The molecule has 0 bridgehead atoms. The summed E-state index contributed by atoms with van der Waals surface area (Å²) in [4.78, 5) is 29.5. The molecule has 3 aromatic carbocycles. The minimum absolute atomic E-state index is 0.0678. The number of anilines is 2. The van der Waals surface area contributed by atoms with Gasteiger partial charge in [-0.3, -0.25) is 14.5 Å². The summed E-state index contributed by atoms with van der Waals surface area (Å²) in [5, 5.41) is 3.55. The van der Waals surface area contributed by atoms with Gasteiger partial charge in [-0.15, -0.1) is 0 Å². The van der Waals surface area contributed by atoms with Gasteiger partial charge in [-0.2, -0.15) is 0 Å². The molecule has 0 unspecified atom stereocenters. The monoisotopic (exact) mass is 452 g/mol. The maximum Gasteiger partial charge on any atom is 0.259 e. The third kappa shape index (κ3) is 3.87. The number of ether oxygens (including phenoxy) is 1. The summed E-state index contributed by atoms with van der Waals surface area (Å²) < 4.78 is 5.36. The quantitative estimate of drug-likeness (QED) is 0.518. The van der Waals surface area contributed by atoms with Crippen molar-refractivity contribution in [3.05, 3.63) is 101 Å². The highest BCUT2D eigenvalue weighted by molar-refractivity contribution is 6.12. The van der Waals surface area contributed by atoms with E-state index in [1.165, 1.54) is 0 Å². The Bertz CT molecular complexity index is 1280. The lowest BCUT2D eigenvalue weighted by atomic mass is 9.73. The highest BCUT2D eigenvalue weighted by Crippen LogP contribution is 2.48. The van der Waals surface area contributed by atoms with Crippen LogP contribution in [0.1, 0.15) is 48.7 Å². The SMILES string of the molecule is COc1ccc([C@@H]2C3=C(CC(C)(C)CC3=O)Nc3ccccc3N2C(=O)c2ccccc2)cc1. The van der Waals surface area contributed by atoms with E-state index >= 15 is 0 Å². The van der Waals surface area contributed by atoms with Crippen LogP contribution >= 0.6 is 0 Å². The van der Waals surface area contributed by atoms with Gasteiger partial charge in [0.1, 0.15) is 5.75 Å². The molecule has 0 spiro atoms. The summed E-state index contributed by atoms with van der Waals surface area (Å²) in [6.07, 6.45) is 1.16. The number of methoxy groups -OCH3 is 1. The van der Waals surface area contributed by atoms with E-state index in [9.17, 15) is 9.59 Å². The van der Waals surface area contributed by atoms with Gasteiger partial charge in [0.2, 0.25) is 0 Å². The lowest BCUT2D eigenvalue weighted by Gasteiger charge is -2.37. The third-order valence-corrected chi connectivity index (χ3v) is 6.57. The Balaban J connectivity index is 1.78. The van der Waals surface area contributed by atoms with Gasteiger partial charge in [0.25, 0.3) is 5.91 Å². The van der Waals surface area contributed by atoms with Crippen molar-refractivity contribution < 1.29 is 14.3 Å². The maximum atomic E-state index is 14.1. The van der Waals surface area contributed by atoms with Crippen molar-refractivity contribution in [3.63, 3.8) is 0 Å². The molecular weight excluding hydrogens is 424 g/mol. The van der Waals surface area contributed by atoms with Crippen LogP contribution in [0.2, 0.25) is 0 Å². The number of hydrogen-bond donors (Lipinski definition) is 1. The number of ketones is 1. The highest BCUT2D eigenvalue weighted by atomic mass is 16.5. The zero-order valence-electron chi connectivity index (χ0n) is 19.7. The molecule has 0 saturated carbocycles. The molecule has 172 valence electrons. The van der Waals surface area contributed by atoms with Crippen molar-refractivity contribution in [1.82, 2.24) is 0 Å². The molecule has 1 aliphatic heterocycles. The van der Waals surface area contributed by atoms with Crippen molar-refractivity contribution in [2.24, 2.45) is 5.41 Å². The molecule has 5 nitrogen and oxygen atoms in total. The second kappa shape index (κ2) is 8.49. The van der Waals surface area contributed by atoms with Gasteiger partial charge < -0.3 is 10.1 Å². The fourth-order valence-electron chi connectivity index (χ4n) is 5.03. The number of carbonyl (C=O) groups excluding carboxylic acids is 2. The molecule has 0 fully saturated rings. The van der Waals surface area contributed by atoms with Gasteiger partial charge in [-0.1, -0.05) is 56.3 Å². The number of Topliss-reactive ketones (excluding diaryl/α,β-unsaturated/α-hetero) is 1. The number of rotatable bonds is 3. The van der Waals surface area contributed by atoms with Gasteiger partial charge in [0, 0.05) is 23.3 Å². The fraction of sp³-hybridized carbons (Fsp3) is 0.241. The summed E-state index contributed by atoms with van der Waals surface area (Å²) in [5.74, 6) is 0.641. The summed E-state index contributed by atoms with van der Waals surface area (Å²) >= 11 is 0. The summed E-state index contributed by atoms with van der Waals surface area (Å²) in [6.45, 7) is 4.23. The number of nitrogens with one attached hydrogen (secondary N) is 1. The number of carbonyl (C=O) groups is 2. The second-order valence-corrected chi connectivity index (χ2v) is 9.69. The van der Waals surface area contributed by atoms with Crippen LogP contribution in [0.25, 0.3) is 0 Å². The Morgan fingerprint density at radius 3 is 2.32 bits per heavy atom. The van der Waals surface area contributed by atoms with Crippen LogP contribution in [0.4, 0.5) is 11.4 Å². The largest absolute Gasteiger partial charge is 0.497 e. The van der Waals surface area contributed by atoms with E-state index in [2.05, 4.69) is 19.2 Å². The van der Waals surface area contributed by atoms with Crippen molar-refractivity contribution in [2.45, 2.75) is 32.7 Å². The number of allylic oxidation sites excluding steroid dienone is 1. The topological polar surface area (TPSA) is 58.6 Å². The molecule has 1 heterocycles. The van der Waals surface area contributed by atoms with Gasteiger partial charge in [0.05, 0.1) is 24.5 Å². The summed E-state index contributed by atoms with van der Waals surface area (Å²) in [6, 6.07) is 24.1. The normalized spacial score (nSPS) is 19.0. The number of hydrogen-bond acceptors (Lipinski definition) is 4. The van der Waals surface area contributed by atoms with E-state index < -0.39 is 6.04 Å². The zero-order valence-corrected chi connectivity index (χ0v) is 19.7. The first kappa shape index (κ1) is 22.0. The smallest absolute Gasteiger partial charge is 0.259 e. The minimum Gasteiger partial charge on any atom is -0.497 e. The second-order valence-electron chi connectivity index (χ2n) is 9.69. The van der Waals surface area contributed by atoms with Gasteiger partial charge in [-0.25, -0.2) is 0 Å². The average molecular weight is 453 g/mol. The predicted molar refractivity (Wildman–Crippen MR) is 134 cm³/mol. The molecule has 1 amide bonds. The number of para-hydroxylation sites is 2. The first-order valence-electron chi connectivity index (χ1n) is 11.5. The summed E-state index contributed by atoms with van der Waals surface area (Å²) in [7, 11) is 1.62. The van der Waals surface area contributed by atoms with Gasteiger partial charge >= 0.3 is 0 Å². The van der Waals surface area contributed by atoms with Crippen LogP contribution < -0.4 is 15.0 Å². The lowest BCUT2D eigenvalue weighted by molar-refractivity contribution is -0.118. The van der Waals surface area contributed by atoms with Crippen LogP contribution in [0.3, 0.4) is 0 Å². The molecule has 2 aliphatic rings. The third-order valence-electron chi connectivity index (χ3n) is 6.57. The van der Waals surface area contributed by atoms with E-state index in [0.29, 0.717) is 17.6 Å². The Kier molecular flexibility index (Phi) is 5.48.